The van der Waals surface area contributed by atoms with E-state index in [1.54, 1.807) is 18.2 Å². The second-order valence-electron chi connectivity index (χ2n) is 11.1. The van der Waals surface area contributed by atoms with Crippen molar-refractivity contribution in [1.29, 1.82) is 0 Å². The van der Waals surface area contributed by atoms with E-state index in [0.717, 1.165) is 33.4 Å². The number of amides is 2. The molecular formula is C35H27NO5. The summed E-state index contributed by atoms with van der Waals surface area (Å²) in [6.45, 7) is 3.37. The highest BCUT2D eigenvalue weighted by molar-refractivity contribution is 6.23. The van der Waals surface area contributed by atoms with Gasteiger partial charge in [0.25, 0.3) is 0 Å². The molecule has 3 aliphatic carbocycles. The van der Waals surface area contributed by atoms with Gasteiger partial charge in [-0.3, -0.25) is 14.4 Å². The van der Waals surface area contributed by atoms with Crippen LogP contribution in [0.25, 0.3) is 0 Å². The van der Waals surface area contributed by atoms with E-state index in [2.05, 4.69) is 24.3 Å². The van der Waals surface area contributed by atoms with Crippen molar-refractivity contribution < 1.29 is 23.9 Å². The lowest BCUT2D eigenvalue weighted by molar-refractivity contribution is -0.122. The Labute approximate surface area is 237 Å². The summed E-state index contributed by atoms with van der Waals surface area (Å²) >= 11 is 0. The summed E-state index contributed by atoms with van der Waals surface area (Å²) in [5.41, 5.74) is 7.43. The number of carbonyl (C=O) groups is 4. The normalized spacial score (nSPS) is 21.8. The lowest BCUT2D eigenvalue weighted by Gasteiger charge is -2.45. The Morgan fingerprint density at radius 1 is 0.707 bits per heavy atom. The number of benzene rings is 4. The van der Waals surface area contributed by atoms with Crippen LogP contribution in [0.1, 0.15) is 65.9 Å². The number of hydrogen-bond donors (Lipinski definition) is 0. The molecule has 4 aromatic carbocycles. The first-order valence-electron chi connectivity index (χ1n) is 13.8. The molecule has 1 fully saturated rings. The number of carbonyl (C=O) groups excluding carboxylic acids is 4. The van der Waals surface area contributed by atoms with Crippen LogP contribution >= 0.6 is 0 Å². The summed E-state index contributed by atoms with van der Waals surface area (Å²) in [5.74, 6) is -2.65. The molecule has 2 bridgehead atoms. The number of aryl methyl sites for hydroxylation is 2. The van der Waals surface area contributed by atoms with E-state index in [1.165, 1.54) is 17.0 Å². The molecule has 0 unspecified atom stereocenters. The fourth-order valence-electron chi connectivity index (χ4n) is 7.01. The maximum absolute atomic E-state index is 13.9. The van der Waals surface area contributed by atoms with Gasteiger partial charge in [0.1, 0.15) is 0 Å². The van der Waals surface area contributed by atoms with Crippen molar-refractivity contribution >= 4 is 29.3 Å². The predicted molar refractivity (Wildman–Crippen MR) is 153 cm³/mol. The Balaban J connectivity index is 1.13. The summed E-state index contributed by atoms with van der Waals surface area (Å²) in [6.07, 6.45) is 0. The van der Waals surface area contributed by atoms with Gasteiger partial charge in [0.15, 0.2) is 6.61 Å². The fraction of sp³-hybridized carbons (Fsp3) is 0.200. The zero-order valence-electron chi connectivity index (χ0n) is 22.7. The van der Waals surface area contributed by atoms with Crippen molar-refractivity contribution in [2.75, 3.05) is 11.5 Å². The van der Waals surface area contributed by atoms with E-state index < -0.39 is 17.8 Å². The van der Waals surface area contributed by atoms with Crippen LogP contribution in [0, 0.1) is 25.7 Å². The third-order valence-corrected chi connectivity index (χ3v) is 8.84. The second-order valence-corrected chi connectivity index (χ2v) is 11.1. The van der Waals surface area contributed by atoms with Gasteiger partial charge >= 0.3 is 5.97 Å². The molecule has 0 radical (unpaired) electrons. The molecule has 8 rings (SSSR count). The van der Waals surface area contributed by atoms with Crippen LogP contribution < -0.4 is 4.90 Å². The van der Waals surface area contributed by atoms with Crippen molar-refractivity contribution in [2.45, 2.75) is 25.7 Å². The van der Waals surface area contributed by atoms with Crippen LogP contribution in [0.2, 0.25) is 0 Å². The third kappa shape index (κ3) is 3.78. The SMILES string of the molecule is Cc1ccc(C)c(C(=O)COC(=O)c2ccc(N3C(=O)[C@H]4C5c6ccccc6C(c6ccccc65)[C@@H]4C3=O)cc2)c1. The van der Waals surface area contributed by atoms with E-state index >= 15 is 0 Å². The van der Waals surface area contributed by atoms with Gasteiger partial charge in [-0.05, 0) is 72.0 Å². The number of ketones is 1. The molecule has 1 aliphatic heterocycles. The average Bonchev–Trinajstić information content (AvgIpc) is 3.27. The Bertz CT molecular complexity index is 1660. The second kappa shape index (κ2) is 9.37. The number of nitrogens with zero attached hydrogens (tertiary/aromatic N) is 1. The Morgan fingerprint density at radius 2 is 1.22 bits per heavy atom. The van der Waals surface area contributed by atoms with Gasteiger partial charge in [-0.25, -0.2) is 9.69 Å². The zero-order valence-corrected chi connectivity index (χ0v) is 22.7. The highest BCUT2D eigenvalue weighted by Gasteiger charge is 2.61. The molecule has 0 aromatic heterocycles. The first-order valence-corrected chi connectivity index (χ1v) is 13.8. The fourth-order valence-corrected chi connectivity index (χ4v) is 7.01. The number of Topliss-reactive ketones (excluding diaryl/α,β-unsaturated/α-hetero) is 1. The molecule has 6 heteroatoms. The number of rotatable bonds is 5. The highest BCUT2D eigenvalue weighted by atomic mass is 16.5. The minimum Gasteiger partial charge on any atom is -0.454 e. The molecule has 1 heterocycles. The summed E-state index contributed by atoms with van der Waals surface area (Å²) in [4.78, 5) is 54.5. The Kier molecular flexibility index (Phi) is 5.75. The molecule has 6 nitrogen and oxygen atoms in total. The number of esters is 1. The molecule has 2 atom stereocenters. The number of ether oxygens (including phenoxy) is 1. The van der Waals surface area contributed by atoms with Crippen molar-refractivity contribution in [3.05, 3.63) is 136 Å². The van der Waals surface area contributed by atoms with E-state index in [4.69, 9.17) is 4.74 Å². The minimum atomic E-state index is -0.646. The quantitative estimate of drug-likeness (QED) is 0.183. The number of anilines is 1. The largest absolute Gasteiger partial charge is 0.454 e. The topological polar surface area (TPSA) is 80.8 Å². The molecule has 4 aliphatic rings. The molecule has 4 aromatic rings. The lowest BCUT2D eigenvalue weighted by Crippen LogP contribution is -2.41. The average molecular weight is 542 g/mol. The monoisotopic (exact) mass is 541 g/mol. The van der Waals surface area contributed by atoms with Crippen LogP contribution in [0.5, 0.6) is 0 Å². The van der Waals surface area contributed by atoms with E-state index in [1.807, 2.05) is 50.2 Å². The van der Waals surface area contributed by atoms with Gasteiger partial charge in [0, 0.05) is 17.4 Å². The van der Waals surface area contributed by atoms with Gasteiger partial charge in [-0.15, -0.1) is 0 Å². The molecule has 1 saturated heterocycles. The molecular weight excluding hydrogens is 514 g/mol. The van der Waals surface area contributed by atoms with Crippen LogP contribution in [-0.4, -0.2) is 30.2 Å². The van der Waals surface area contributed by atoms with Gasteiger partial charge in [-0.2, -0.15) is 0 Å². The molecule has 202 valence electrons. The van der Waals surface area contributed by atoms with Crippen LogP contribution in [0.15, 0.2) is 91.0 Å². The molecule has 2 amide bonds. The van der Waals surface area contributed by atoms with Crippen molar-refractivity contribution in [3.8, 4) is 0 Å². The Hall–Kier alpha value is -4.84. The third-order valence-electron chi connectivity index (χ3n) is 8.84. The molecule has 0 spiro atoms. The standard InChI is InChI=1S/C35H27NO5/c1-19-11-12-20(2)27(17-19)28(37)18-41-35(40)21-13-15-22(16-14-21)36-33(38)31-29-23-7-3-4-8-24(23)30(32(31)34(36)39)26-10-6-5-9-25(26)29/h3-17,29-32H,18H2,1-2H3/t29?,30?,31-,32-/m0/s1. The van der Waals surface area contributed by atoms with Gasteiger partial charge < -0.3 is 4.74 Å². The summed E-state index contributed by atoms with van der Waals surface area (Å²) in [5, 5.41) is 0. The van der Waals surface area contributed by atoms with E-state index in [9.17, 15) is 19.2 Å². The predicted octanol–water partition coefficient (Wildman–Crippen LogP) is 5.74. The smallest absolute Gasteiger partial charge is 0.338 e. The van der Waals surface area contributed by atoms with Gasteiger partial charge in [0.05, 0.1) is 23.1 Å². The first-order chi connectivity index (χ1) is 19.8. The first kappa shape index (κ1) is 25.1. The molecule has 0 saturated carbocycles. The van der Waals surface area contributed by atoms with Crippen LogP contribution in [0.3, 0.4) is 0 Å². The van der Waals surface area contributed by atoms with Crippen LogP contribution in [-0.2, 0) is 14.3 Å². The Morgan fingerprint density at radius 3 is 1.73 bits per heavy atom. The van der Waals surface area contributed by atoms with E-state index in [-0.39, 0.29) is 41.6 Å². The lowest BCUT2D eigenvalue weighted by atomic mass is 9.55. The summed E-state index contributed by atoms with van der Waals surface area (Å²) in [6, 6.07) is 28.1. The van der Waals surface area contributed by atoms with Gasteiger partial charge in [0.2, 0.25) is 17.6 Å². The number of imide groups is 1. The highest BCUT2D eigenvalue weighted by Crippen LogP contribution is 2.61. The van der Waals surface area contributed by atoms with Crippen molar-refractivity contribution in [3.63, 3.8) is 0 Å². The van der Waals surface area contributed by atoms with Crippen molar-refractivity contribution in [1.82, 2.24) is 0 Å². The molecule has 41 heavy (non-hydrogen) atoms. The minimum absolute atomic E-state index is 0.178. The van der Waals surface area contributed by atoms with Gasteiger partial charge in [-0.1, -0.05) is 66.2 Å². The molecule has 0 N–H and O–H groups in total. The maximum atomic E-state index is 13.9. The zero-order chi connectivity index (χ0) is 28.4. The number of hydrogen-bond acceptors (Lipinski definition) is 5. The van der Waals surface area contributed by atoms with Crippen LogP contribution in [0.4, 0.5) is 5.69 Å². The summed E-state index contributed by atoms with van der Waals surface area (Å²) in [7, 11) is 0. The van der Waals surface area contributed by atoms with E-state index in [0.29, 0.717) is 11.3 Å². The van der Waals surface area contributed by atoms with Crippen molar-refractivity contribution in [2.24, 2.45) is 11.8 Å². The summed E-state index contributed by atoms with van der Waals surface area (Å²) < 4.78 is 5.30. The maximum Gasteiger partial charge on any atom is 0.338 e.